The van der Waals surface area contributed by atoms with Crippen LogP contribution in [-0.2, 0) is 0 Å². The highest BCUT2D eigenvalue weighted by Crippen LogP contribution is 2.37. The van der Waals surface area contributed by atoms with Gasteiger partial charge in [0.05, 0.1) is 0 Å². The van der Waals surface area contributed by atoms with Crippen molar-refractivity contribution in [2.75, 3.05) is 13.1 Å². The van der Waals surface area contributed by atoms with Crippen LogP contribution in [0.5, 0.6) is 0 Å². The van der Waals surface area contributed by atoms with E-state index in [0.29, 0.717) is 11.5 Å². The molecule has 0 radical (unpaired) electrons. The Balaban J connectivity index is 0.00000289. The second-order valence-corrected chi connectivity index (χ2v) is 5.67. The molecule has 0 heterocycles. The third-order valence-corrected chi connectivity index (χ3v) is 3.77. The molecule has 4 heteroatoms. The fourth-order valence-corrected chi connectivity index (χ4v) is 2.31. The van der Waals surface area contributed by atoms with Crippen LogP contribution in [0.4, 0.5) is 0 Å². The minimum absolute atomic E-state index is 0. The number of nitrogens with zero attached hydrogens (tertiary/aromatic N) is 1. The van der Waals surface area contributed by atoms with Crippen molar-refractivity contribution in [2.24, 2.45) is 10.4 Å². The molecule has 18 heavy (non-hydrogen) atoms. The van der Waals surface area contributed by atoms with Crippen molar-refractivity contribution in [3.05, 3.63) is 0 Å². The lowest BCUT2D eigenvalue weighted by Crippen LogP contribution is -2.42. The second-order valence-electron chi connectivity index (χ2n) is 5.67. The molecule has 3 nitrogen and oxygen atoms in total. The SMILES string of the molecule is CCNC(=NCC1(C)CCCC1)NC(C)CC.I. The first-order chi connectivity index (χ1) is 8.09. The lowest BCUT2D eigenvalue weighted by atomic mass is 9.89. The number of guanidine groups is 1. The van der Waals surface area contributed by atoms with E-state index in [2.05, 4.69) is 38.3 Å². The van der Waals surface area contributed by atoms with Gasteiger partial charge < -0.3 is 10.6 Å². The van der Waals surface area contributed by atoms with Gasteiger partial charge in [0.15, 0.2) is 5.96 Å². The molecule has 0 saturated heterocycles. The molecule has 0 bridgehead atoms. The van der Waals surface area contributed by atoms with Gasteiger partial charge in [-0.15, -0.1) is 24.0 Å². The molecule has 1 rings (SSSR count). The summed E-state index contributed by atoms with van der Waals surface area (Å²) in [6.07, 6.45) is 6.54. The van der Waals surface area contributed by atoms with E-state index in [1.165, 1.54) is 25.7 Å². The summed E-state index contributed by atoms with van der Waals surface area (Å²) >= 11 is 0. The van der Waals surface area contributed by atoms with E-state index >= 15 is 0 Å². The van der Waals surface area contributed by atoms with Crippen molar-refractivity contribution in [1.29, 1.82) is 0 Å². The Hall–Kier alpha value is 0. The molecule has 2 N–H and O–H groups in total. The monoisotopic (exact) mass is 367 g/mol. The third-order valence-electron chi connectivity index (χ3n) is 3.77. The Morgan fingerprint density at radius 1 is 1.28 bits per heavy atom. The highest BCUT2D eigenvalue weighted by atomic mass is 127. The smallest absolute Gasteiger partial charge is 0.191 e. The summed E-state index contributed by atoms with van der Waals surface area (Å²) in [6.45, 7) is 10.8. The Kier molecular flexibility index (Phi) is 8.99. The van der Waals surface area contributed by atoms with E-state index in [1.807, 2.05) is 0 Å². The average molecular weight is 367 g/mol. The van der Waals surface area contributed by atoms with Gasteiger partial charge in [-0.3, -0.25) is 4.99 Å². The van der Waals surface area contributed by atoms with Gasteiger partial charge >= 0.3 is 0 Å². The molecule has 0 aromatic carbocycles. The van der Waals surface area contributed by atoms with E-state index in [4.69, 9.17) is 4.99 Å². The van der Waals surface area contributed by atoms with Crippen LogP contribution in [0.3, 0.4) is 0 Å². The predicted molar refractivity (Wildman–Crippen MR) is 90.9 cm³/mol. The van der Waals surface area contributed by atoms with Gasteiger partial charge in [-0.05, 0) is 38.5 Å². The molecule has 1 atom stereocenters. The largest absolute Gasteiger partial charge is 0.357 e. The van der Waals surface area contributed by atoms with Crippen molar-refractivity contribution >= 4 is 29.9 Å². The zero-order chi connectivity index (χ0) is 12.7. The molecular formula is C14H30IN3. The molecule has 1 saturated carbocycles. The molecule has 0 spiro atoms. The van der Waals surface area contributed by atoms with E-state index in [0.717, 1.165) is 25.5 Å². The Morgan fingerprint density at radius 2 is 1.89 bits per heavy atom. The van der Waals surface area contributed by atoms with Crippen LogP contribution in [-0.4, -0.2) is 25.1 Å². The second kappa shape index (κ2) is 8.99. The molecule has 1 aliphatic carbocycles. The number of hydrogen-bond acceptors (Lipinski definition) is 1. The quantitative estimate of drug-likeness (QED) is 0.443. The zero-order valence-corrected chi connectivity index (χ0v) is 14.7. The van der Waals surface area contributed by atoms with Crippen LogP contribution in [0.1, 0.15) is 59.8 Å². The lowest BCUT2D eigenvalue weighted by Gasteiger charge is -2.22. The summed E-state index contributed by atoms with van der Waals surface area (Å²) < 4.78 is 0. The van der Waals surface area contributed by atoms with Crippen LogP contribution in [0.15, 0.2) is 4.99 Å². The van der Waals surface area contributed by atoms with Gasteiger partial charge in [-0.1, -0.05) is 26.7 Å². The molecule has 108 valence electrons. The first kappa shape index (κ1) is 18.0. The van der Waals surface area contributed by atoms with Gasteiger partial charge in [0.1, 0.15) is 0 Å². The minimum atomic E-state index is 0. The summed E-state index contributed by atoms with van der Waals surface area (Å²) in [5.74, 6) is 0.981. The summed E-state index contributed by atoms with van der Waals surface area (Å²) in [5.41, 5.74) is 0.442. The van der Waals surface area contributed by atoms with Crippen LogP contribution in [0.25, 0.3) is 0 Å². The van der Waals surface area contributed by atoms with Crippen molar-refractivity contribution < 1.29 is 0 Å². The molecule has 0 aromatic rings. The molecule has 0 aromatic heterocycles. The Labute approximate surface area is 130 Å². The van der Waals surface area contributed by atoms with Gasteiger partial charge in [-0.25, -0.2) is 0 Å². The number of hydrogen-bond donors (Lipinski definition) is 2. The number of nitrogens with one attached hydrogen (secondary N) is 2. The van der Waals surface area contributed by atoms with Gasteiger partial charge in [0.25, 0.3) is 0 Å². The predicted octanol–water partition coefficient (Wildman–Crippen LogP) is 3.54. The van der Waals surface area contributed by atoms with Gasteiger partial charge in [0, 0.05) is 19.1 Å². The van der Waals surface area contributed by atoms with Crippen molar-refractivity contribution in [1.82, 2.24) is 10.6 Å². The normalized spacial score (nSPS) is 20.1. The Morgan fingerprint density at radius 3 is 2.39 bits per heavy atom. The maximum Gasteiger partial charge on any atom is 0.191 e. The summed E-state index contributed by atoms with van der Waals surface area (Å²) in [7, 11) is 0. The van der Waals surface area contributed by atoms with Crippen LogP contribution in [0.2, 0.25) is 0 Å². The van der Waals surface area contributed by atoms with Crippen LogP contribution < -0.4 is 10.6 Å². The van der Waals surface area contributed by atoms with Crippen molar-refractivity contribution in [3.63, 3.8) is 0 Å². The third kappa shape index (κ3) is 6.25. The summed E-state index contributed by atoms with van der Waals surface area (Å²) in [6, 6.07) is 0.490. The number of halogens is 1. The highest BCUT2D eigenvalue weighted by Gasteiger charge is 2.28. The van der Waals surface area contributed by atoms with E-state index in [1.54, 1.807) is 0 Å². The number of aliphatic imine (C=N–C) groups is 1. The summed E-state index contributed by atoms with van der Waals surface area (Å²) in [5, 5.41) is 6.78. The van der Waals surface area contributed by atoms with Gasteiger partial charge in [0.2, 0.25) is 0 Å². The molecule has 0 aliphatic heterocycles. The lowest BCUT2D eigenvalue weighted by molar-refractivity contribution is 0.350. The van der Waals surface area contributed by atoms with Crippen LogP contribution in [0, 0.1) is 5.41 Å². The standard InChI is InChI=1S/C14H29N3.HI/c1-5-12(3)17-13(15-6-2)16-11-14(4)9-7-8-10-14;/h12H,5-11H2,1-4H3,(H2,15,16,17);1H. The maximum absolute atomic E-state index is 4.75. The highest BCUT2D eigenvalue weighted by molar-refractivity contribution is 14.0. The molecule has 1 aliphatic rings. The van der Waals surface area contributed by atoms with E-state index in [-0.39, 0.29) is 24.0 Å². The summed E-state index contributed by atoms with van der Waals surface area (Å²) in [4.78, 5) is 4.75. The van der Waals surface area contributed by atoms with Crippen LogP contribution >= 0.6 is 24.0 Å². The first-order valence-corrected chi connectivity index (χ1v) is 7.14. The first-order valence-electron chi connectivity index (χ1n) is 7.14. The molecule has 1 unspecified atom stereocenters. The maximum atomic E-state index is 4.75. The topological polar surface area (TPSA) is 36.4 Å². The molecule has 1 fully saturated rings. The molecule has 0 amide bonds. The van der Waals surface area contributed by atoms with E-state index < -0.39 is 0 Å². The van der Waals surface area contributed by atoms with Crippen molar-refractivity contribution in [2.45, 2.75) is 65.8 Å². The minimum Gasteiger partial charge on any atom is -0.357 e. The van der Waals surface area contributed by atoms with E-state index in [9.17, 15) is 0 Å². The average Bonchev–Trinajstić information content (AvgIpc) is 2.74. The fraction of sp³-hybridized carbons (Fsp3) is 0.929. The van der Waals surface area contributed by atoms with Gasteiger partial charge in [-0.2, -0.15) is 0 Å². The van der Waals surface area contributed by atoms with Crippen molar-refractivity contribution in [3.8, 4) is 0 Å². The Bertz CT molecular complexity index is 247. The fourth-order valence-electron chi connectivity index (χ4n) is 2.31. The number of rotatable bonds is 5. The molecular weight excluding hydrogens is 337 g/mol. The zero-order valence-electron chi connectivity index (χ0n) is 12.4.